The van der Waals surface area contributed by atoms with Crippen molar-refractivity contribution in [1.82, 2.24) is 0 Å². The van der Waals surface area contributed by atoms with Gasteiger partial charge in [0, 0.05) is 0 Å². The number of hydrogen-bond donors (Lipinski definition) is 0. The van der Waals surface area contributed by atoms with Gasteiger partial charge in [-0.1, -0.05) is 0 Å². The Bertz CT molecular complexity index is 107. The number of azo groups is 1. The molecule has 0 rings (SSSR count). The second-order valence-corrected chi connectivity index (χ2v) is 4.18. The van der Waals surface area contributed by atoms with Gasteiger partial charge < -0.3 is 0 Å². The van der Waals surface area contributed by atoms with E-state index in [0.29, 0.717) is 0 Å². The predicted molar refractivity (Wildman–Crippen MR) is 44.0 cm³/mol. The molecule has 0 amide bonds. The largest absolute Gasteiger partial charge is 0.188 e. The second-order valence-electron chi connectivity index (χ2n) is 4.18. The fourth-order valence-electron chi connectivity index (χ4n) is 0.285. The van der Waals surface area contributed by atoms with E-state index in [2.05, 4.69) is 17.2 Å². The van der Waals surface area contributed by atoms with Crippen LogP contribution < -0.4 is 0 Å². The number of rotatable bonds is 1. The molecule has 1 radical (unpaired) electrons. The molecular weight excluding hydrogens is 124 g/mol. The molecule has 0 aliphatic heterocycles. The van der Waals surface area contributed by atoms with Crippen LogP contribution in [-0.2, 0) is 0 Å². The van der Waals surface area contributed by atoms with Crippen molar-refractivity contribution < 1.29 is 0 Å². The fourth-order valence-corrected chi connectivity index (χ4v) is 0.285. The quantitative estimate of drug-likeness (QED) is 0.502. The third-order valence-corrected chi connectivity index (χ3v) is 0.621. The first kappa shape index (κ1) is 9.60. The molecule has 0 fully saturated rings. The smallest absolute Gasteiger partial charge is 0.0761 e. The highest BCUT2D eigenvalue weighted by atomic mass is 15.2. The summed E-state index contributed by atoms with van der Waals surface area (Å²) < 4.78 is 0. The Morgan fingerprint density at radius 3 is 1.40 bits per heavy atom. The molecule has 0 unspecified atom stereocenters. The van der Waals surface area contributed by atoms with Gasteiger partial charge in [-0.25, -0.2) is 0 Å². The summed E-state index contributed by atoms with van der Waals surface area (Å²) in [5.74, 6) is 0. The fraction of sp³-hybridized carbons (Fsp3) is 0.875. The van der Waals surface area contributed by atoms with E-state index in [-0.39, 0.29) is 11.1 Å². The Labute approximate surface area is 63.7 Å². The molecule has 10 heavy (non-hydrogen) atoms. The van der Waals surface area contributed by atoms with Gasteiger partial charge in [-0.3, -0.25) is 0 Å². The monoisotopic (exact) mass is 141 g/mol. The Morgan fingerprint density at radius 1 is 0.900 bits per heavy atom. The van der Waals surface area contributed by atoms with Crippen molar-refractivity contribution in [3.8, 4) is 0 Å². The molecule has 0 saturated heterocycles. The van der Waals surface area contributed by atoms with Crippen molar-refractivity contribution in [2.24, 2.45) is 10.2 Å². The van der Waals surface area contributed by atoms with Crippen LogP contribution in [0.2, 0.25) is 0 Å². The van der Waals surface area contributed by atoms with Crippen molar-refractivity contribution in [3.63, 3.8) is 0 Å². The summed E-state index contributed by atoms with van der Waals surface area (Å²) in [7, 11) is 0. The molecular formula is C8H17N2. The van der Waals surface area contributed by atoms with Gasteiger partial charge in [-0.2, -0.15) is 10.2 Å². The Hall–Kier alpha value is -0.400. The summed E-state index contributed by atoms with van der Waals surface area (Å²) in [6.07, 6.45) is 0. The highest BCUT2D eigenvalue weighted by Gasteiger charge is 2.11. The standard InChI is InChI=1S/C8H17N2/c1-7(2,3)9-10-8(4,5)6/h1H2,2-6H3. The maximum Gasteiger partial charge on any atom is 0.0761 e. The minimum absolute atomic E-state index is 0.0744. The zero-order valence-corrected chi connectivity index (χ0v) is 7.60. The van der Waals surface area contributed by atoms with Gasteiger partial charge in [0.25, 0.3) is 0 Å². The van der Waals surface area contributed by atoms with Gasteiger partial charge in [-0.15, -0.1) is 0 Å². The summed E-state index contributed by atoms with van der Waals surface area (Å²) in [5.41, 5.74) is -0.359. The summed E-state index contributed by atoms with van der Waals surface area (Å²) in [5, 5.41) is 8.13. The molecule has 0 aromatic carbocycles. The predicted octanol–water partition coefficient (Wildman–Crippen LogP) is 2.85. The molecule has 2 nitrogen and oxygen atoms in total. The second kappa shape index (κ2) is 2.69. The summed E-state index contributed by atoms with van der Waals surface area (Å²) in [4.78, 5) is 0. The summed E-state index contributed by atoms with van der Waals surface area (Å²) >= 11 is 0. The van der Waals surface area contributed by atoms with Crippen LogP contribution in [0.3, 0.4) is 0 Å². The van der Waals surface area contributed by atoms with Crippen molar-refractivity contribution in [2.45, 2.75) is 45.7 Å². The molecule has 0 aromatic rings. The maximum absolute atomic E-state index is 4.09. The Kier molecular flexibility index (Phi) is 2.58. The van der Waals surface area contributed by atoms with Crippen LogP contribution in [-0.4, -0.2) is 11.1 Å². The van der Waals surface area contributed by atoms with Crippen LogP contribution in [0.4, 0.5) is 0 Å². The van der Waals surface area contributed by atoms with Crippen LogP contribution >= 0.6 is 0 Å². The minimum atomic E-state index is -0.284. The lowest BCUT2D eigenvalue weighted by Gasteiger charge is -2.14. The Balaban J connectivity index is 4.01. The van der Waals surface area contributed by atoms with Gasteiger partial charge >= 0.3 is 0 Å². The molecule has 0 aromatic heterocycles. The first-order chi connectivity index (χ1) is 4.21. The maximum atomic E-state index is 4.09. The molecule has 0 aliphatic rings. The zero-order valence-electron chi connectivity index (χ0n) is 7.60. The van der Waals surface area contributed by atoms with Gasteiger partial charge in [0.15, 0.2) is 0 Å². The first-order valence-electron chi connectivity index (χ1n) is 3.50. The average molecular weight is 141 g/mol. The van der Waals surface area contributed by atoms with Crippen molar-refractivity contribution in [3.05, 3.63) is 6.92 Å². The van der Waals surface area contributed by atoms with E-state index in [1.165, 1.54) is 0 Å². The molecule has 0 N–H and O–H groups in total. The van der Waals surface area contributed by atoms with E-state index in [1.54, 1.807) is 0 Å². The zero-order chi connectivity index (χ0) is 8.41. The number of hydrogen-bond acceptors (Lipinski definition) is 2. The minimum Gasteiger partial charge on any atom is -0.188 e. The average Bonchev–Trinajstić information content (AvgIpc) is 1.57. The van der Waals surface area contributed by atoms with Gasteiger partial charge in [0.05, 0.1) is 11.1 Å². The lowest BCUT2D eigenvalue weighted by molar-refractivity contribution is 0.489. The van der Waals surface area contributed by atoms with E-state index in [4.69, 9.17) is 0 Å². The van der Waals surface area contributed by atoms with Crippen LogP contribution in [0, 0.1) is 6.92 Å². The van der Waals surface area contributed by atoms with Crippen molar-refractivity contribution in [2.75, 3.05) is 0 Å². The number of nitrogens with zero attached hydrogens (tertiary/aromatic N) is 2. The van der Waals surface area contributed by atoms with Crippen molar-refractivity contribution >= 4 is 0 Å². The third kappa shape index (κ3) is 7.60. The highest BCUT2D eigenvalue weighted by molar-refractivity contribution is 4.79. The van der Waals surface area contributed by atoms with Crippen molar-refractivity contribution in [1.29, 1.82) is 0 Å². The van der Waals surface area contributed by atoms with Gasteiger partial charge in [0.1, 0.15) is 0 Å². The van der Waals surface area contributed by atoms with Gasteiger partial charge in [-0.05, 0) is 41.5 Å². The van der Waals surface area contributed by atoms with E-state index in [1.807, 2.05) is 34.6 Å². The molecule has 0 bridgehead atoms. The molecule has 0 saturated carbocycles. The van der Waals surface area contributed by atoms with E-state index >= 15 is 0 Å². The van der Waals surface area contributed by atoms with Crippen LogP contribution in [0.15, 0.2) is 10.2 Å². The first-order valence-corrected chi connectivity index (χ1v) is 3.50. The van der Waals surface area contributed by atoms with E-state index in [9.17, 15) is 0 Å². The highest BCUT2D eigenvalue weighted by Crippen LogP contribution is 2.13. The normalized spacial score (nSPS) is 14.6. The van der Waals surface area contributed by atoms with Crippen LogP contribution in [0.5, 0.6) is 0 Å². The van der Waals surface area contributed by atoms with Crippen LogP contribution in [0.25, 0.3) is 0 Å². The van der Waals surface area contributed by atoms with E-state index < -0.39 is 0 Å². The molecule has 0 atom stereocenters. The van der Waals surface area contributed by atoms with Crippen LogP contribution in [0.1, 0.15) is 34.6 Å². The van der Waals surface area contributed by atoms with Gasteiger partial charge in [0.2, 0.25) is 0 Å². The molecule has 0 heterocycles. The summed E-state index contributed by atoms with van der Waals surface area (Å²) in [6, 6.07) is 0. The molecule has 0 spiro atoms. The van der Waals surface area contributed by atoms with E-state index in [0.717, 1.165) is 0 Å². The molecule has 0 aliphatic carbocycles. The Morgan fingerprint density at radius 2 is 1.30 bits per heavy atom. The molecule has 59 valence electrons. The lowest BCUT2D eigenvalue weighted by Crippen LogP contribution is -2.14. The summed E-state index contributed by atoms with van der Waals surface area (Å²) in [6.45, 7) is 13.7. The lowest BCUT2D eigenvalue weighted by atomic mass is 10.1. The molecule has 2 heteroatoms. The third-order valence-electron chi connectivity index (χ3n) is 0.621. The SMILES string of the molecule is [CH2]C(C)(C)N=NC(C)(C)C. The topological polar surface area (TPSA) is 24.7 Å².